The first-order chi connectivity index (χ1) is 7.75. The Morgan fingerprint density at radius 2 is 1.88 bits per heavy atom. The summed E-state index contributed by atoms with van der Waals surface area (Å²) in [6.07, 6.45) is 1.23. The van der Waals surface area contributed by atoms with Gasteiger partial charge in [0, 0.05) is 11.8 Å². The van der Waals surface area contributed by atoms with Crippen LogP contribution in [0.15, 0.2) is 48.7 Å². The highest BCUT2D eigenvalue weighted by atomic mass is 16.6. The molecule has 0 atom stereocenters. The molecule has 1 heterocycles. The molecule has 5 heteroatoms. The fraction of sp³-hybridized carbons (Fsp3) is 0. The molecule has 0 aliphatic heterocycles. The third kappa shape index (κ3) is 2.33. The summed E-state index contributed by atoms with van der Waals surface area (Å²) in [6, 6.07) is 12.5. The van der Waals surface area contributed by atoms with E-state index in [2.05, 4.69) is 10.3 Å². The maximum absolute atomic E-state index is 10.4. The van der Waals surface area contributed by atoms with Crippen LogP contribution in [-0.4, -0.2) is 9.91 Å². The van der Waals surface area contributed by atoms with E-state index in [0.717, 1.165) is 5.69 Å². The molecule has 5 nitrogen and oxygen atoms in total. The van der Waals surface area contributed by atoms with Gasteiger partial charge in [-0.3, -0.25) is 10.1 Å². The molecular formula is C11H9N3O2. The van der Waals surface area contributed by atoms with Crippen LogP contribution in [0.2, 0.25) is 0 Å². The van der Waals surface area contributed by atoms with E-state index in [1.54, 1.807) is 6.07 Å². The van der Waals surface area contributed by atoms with Crippen LogP contribution in [0.5, 0.6) is 0 Å². The van der Waals surface area contributed by atoms with Gasteiger partial charge in [-0.15, -0.1) is 0 Å². The van der Waals surface area contributed by atoms with Crippen molar-refractivity contribution in [1.29, 1.82) is 0 Å². The molecule has 0 spiro atoms. The SMILES string of the molecule is O=[N+]([O-])c1ccc(Nc2ccccc2)nc1. The molecule has 2 rings (SSSR count). The van der Waals surface area contributed by atoms with Gasteiger partial charge >= 0.3 is 0 Å². The van der Waals surface area contributed by atoms with E-state index < -0.39 is 4.92 Å². The van der Waals surface area contributed by atoms with Crippen LogP contribution in [0.25, 0.3) is 0 Å². The van der Waals surface area contributed by atoms with Gasteiger partial charge in [-0.1, -0.05) is 18.2 Å². The lowest BCUT2D eigenvalue weighted by Crippen LogP contribution is -1.94. The first-order valence-electron chi connectivity index (χ1n) is 4.68. The van der Waals surface area contributed by atoms with Crippen molar-refractivity contribution in [2.75, 3.05) is 5.32 Å². The Morgan fingerprint density at radius 1 is 1.12 bits per heavy atom. The predicted molar refractivity (Wildman–Crippen MR) is 60.6 cm³/mol. The van der Waals surface area contributed by atoms with Gasteiger partial charge in [0.25, 0.3) is 5.69 Å². The maximum atomic E-state index is 10.4. The molecule has 0 fully saturated rings. The van der Waals surface area contributed by atoms with Crippen LogP contribution in [0.4, 0.5) is 17.2 Å². The van der Waals surface area contributed by atoms with Crippen LogP contribution in [0.1, 0.15) is 0 Å². The molecule has 0 unspecified atom stereocenters. The normalized spacial score (nSPS) is 9.75. The van der Waals surface area contributed by atoms with Crippen molar-refractivity contribution in [2.24, 2.45) is 0 Å². The quantitative estimate of drug-likeness (QED) is 0.631. The number of hydrogen-bond acceptors (Lipinski definition) is 4. The first-order valence-corrected chi connectivity index (χ1v) is 4.68. The number of rotatable bonds is 3. The lowest BCUT2D eigenvalue weighted by Gasteiger charge is -2.03. The van der Waals surface area contributed by atoms with Gasteiger partial charge in [-0.25, -0.2) is 4.98 Å². The smallest absolute Gasteiger partial charge is 0.287 e. The second kappa shape index (κ2) is 4.39. The average molecular weight is 215 g/mol. The van der Waals surface area contributed by atoms with Gasteiger partial charge in [0.15, 0.2) is 0 Å². The highest BCUT2D eigenvalue weighted by Gasteiger charge is 2.04. The zero-order chi connectivity index (χ0) is 11.4. The summed E-state index contributed by atoms with van der Waals surface area (Å²) >= 11 is 0. The van der Waals surface area contributed by atoms with Crippen molar-refractivity contribution >= 4 is 17.2 Å². The number of hydrogen-bond donors (Lipinski definition) is 1. The summed E-state index contributed by atoms with van der Waals surface area (Å²) in [5.74, 6) is 0.580. The molecule has 1 N–H and O–H groups in total. The second-order valence-corrected chi connectivity index (χ2v) is 3.15. The van der Waals surface area contributed by atoms with Crippen LogP contribution in [0.3, 0.4) is 0 Å². The standard InChI is InChI=1S/C11H9N3O2/c15-14(16)10-6-7-11(12-8-10)13-9-4-2-1-3-5-9/h1-8H,(H,12,13). The summed E-state index contributed by atoms with van der Waals surface area (Å²) in [6.45, 7) is 0. The molecule has 0 radical (unpaired) electrons. The van der Waals surface area contributed by atoms with E-state index in [4.69, 9.17) is 0 Å². The molecule has 1 aromatic heterocycles. The van der Waals surface area contributed by atoms with Crippen LogP contribution in [0, 0.1) is 10.1 Å². The van der Waals surface area contributed by atoms with E-state index in [-0.39, 0.29) is 5.69 Å². The molecule has 2 aromatic rings. The third-order valence-electron chi connectivity index (χ3n) is 2.00. The Bertz CT molecular complexity index is 482. The summed E-state index contributed by atoms with van der Waals surface area (Å²) in [7, 11) is 0. The minimum Gasteiger partial charge on any atom is -0.340 e. The molecule has 16 heavy (non-hydrogen) atoms. The lowest BCUT2D eigenvalue weighted by molar-refractivity contribution is -0.385. The van der Waals surface area contributed by atoms with E-state index in [1.807, 2.05) is 30.3 Å². The van der Waals surface area contributed by atoms with Crippen molar-refractivity contribution in [1.82, 2.24) is 4.98 Å². The molecule has 80 valence electrons. The monoisotopic (exact) mass is 215 g/mol. The minimum absolute atomic E-state index is 0.0152. The van der Waals surface area contributed by atoms with E-state index in [9.17, 15) is 10.1 Å². The van der Waals surface area contributed by atoms with Gasteiger partial charge in [-0.2, -0.15) is 0 Å². The highest BCUT2D eigenvalue weighted by molar-refractivity contribution is 5.56. The summed E-state index contributed by atoms with van der Waals surface area (Å²) in [5.41, 5.74) is 0.877. The number of nitrogens with one attached hydrogen (secondary N) is 1. The van der Waals surface area contributed by atoms with Crippen LogP contribution in [-0.2, 0) is 0 Å². The van der Waals surface area contributed by atoms with Crippen molar-refractivity contribution in [3.8, 4) is 0 Å². The zero-order valence-electron chi connectivity index (χ0n) is 8.33. The fourth-order valence-corrected chi connectivity index (χ4v) is 1.24. The number of pyridine rings is 1. The Kier molecular flexibility index (Phi) is 2.77. The minimum atomic E-state index is -0.473. The Labute approximate surface area is 91.9 Å². The summed E-state index contributed by atoms with van der Waals surface area (Å²) in [5, 5.41) is 13.5. The van der Waals surface area contributed by atoms with Gasteiger partial charge in [0.1, 0.15) is 12.0 Å². The molecule has 0 aliphatic rings. The van der Waals surface area contributed by atoms with Crippen molar-refractivity contribution < 1.29 is 4.92 Å². The highest BCUT2D eigenvalue weighted by Crippen LogP contribution is 2.16. The summed E-state index contributed by atoms with van der Waals surface area (Å²) < 4.78 is 0. The van der Waals surface area contributed by atoms with Gasteiger partial charge in [-0.05, 0) is 18.2 Å². The number of anilines is 2. The molecule has 1 aromatic carbocycles. The topological polar surface area (TPSA) is 68.1 Å². The second-order valence-electron chi connectivity index (χ2n) is 3.15. The largest absolute Gasteiger partial charge is 0.340 e. The first kappa shape index (κ1) is 10.1. The van der Waals surface area contributed by atoms with Crippen LogP contribution < -0.4 is 5.32 Å². The summed E-state index contributed by atoms with van der Waals surface area (Å²) in [4.78, 5) is 13.9. The Hall–Kier alpha value is -2.43. The number of benzene rings is 1. The van der Waals surface area contributed by atoms with Crippen molar-refractivity contribution in [3.63, 3.8) is 0 Å². The van der Waals surface area contributed by atoms with E-state index in [1.165, 1.54) is 12.3 Å². The average Bonchev–Trinajstić information content (AvgIpc) is 2.31. The molecule has 0 saturated carbocycles. The molecule has 0 aliphatic carbocycles. The van der Waals surface area contributed by atoms with E-state index in [0.29, 0.717) is 5.82 Å². The Morgan fingerprint density at radius 3 is 2.44 bits per heavy atom. The van der Waals surface area contributed by atoms with Gasteiger partial charge in [0.05, 0.1) is 4.92 Å². The van der Waals surface area contributed by atoms with Crippen LogP contribution >= 0.6 is 0 Å². The molecule has 0 saturated heterocycles. The van der Waals surface area contributed by atoms with Gasteiger partial charge < -0.3 is 5.32 Å². The number of nitro groups is 1. The predicted octanol–water partition coefficient (Wildman–Crippen LogP) is 2.73. The fourth-order valence-electron chi connectivity index (χ4n) is 1.24. The molecule has 0 bridgehead atoms. The Balaban J connectivity index is 2.14. The zero-order valence-corrected chi connectivity index (χ0v) is 8.33. The third-order valence-corrected chi connectivity index (χ3v) is 2.00. The van der Waals surface area contributed by atoms with Crippen molar-refractivity contribution in [2.45, 2.75) is 0 Å². The number of para-hydroxylation sites is 1. The molecule has 0 amide bonds. The lowest BCUT2D eigenvalue weighted by atomic mass is 10.3. The molecular weight excluding hydrogens is 206 g/mol. The van der Waals surface area contributed by atoms with Gasteiger partial charge in [0.2, 0.25) is 0 Å². The van der Waals surface area contributed by atoms with Crippen molar-refractivity contribution in [3.05, 3.63) is 58.8 Å². The number of aromatic nitrogens is 1. The number of nitrogens with zero attached hydrogens (tertiary/aromatic N) is 2. The maximum Gasteiger partial charge on any atom is 0.287 e. The van der Waals surface area contributed by atoms with E-state index >= 15 is 0 Å².